The molecular weight excluding hydrogens is 292 g/mol. The Kier molecular flexibility index (Phi) is 4.52. The molecule has 0 aliphatic rings. The molecule has 2 N–H and O–H groups in total. The molecule has 1 unspecified atom stereocenters. The fourth-order valence-electron chi connectivity index (χ4n) is 2.59. The Balaban J connectivity index is 1.63. The smallest absolute Gasteiger partial charge is 0.0914 e. The Labute approximate surface area is 134 Å². The molecule has 1 aromatic heterocycles. The molecule has 0 amide bonds. The van der Waals surface area contributed by atoms with Crippen molar-refractivity contribution in [2.75, 3.05) is 6.54 Å². The van der Waals surface area contributed by atoms with Gasteiger partial charge in [0.25, 0.3) is 0 Å². The molecule has 4 heteroatoms. The molecule has 0 fully saturated rings. The van der Waals surface area contributed by atoms with Crippen LogP contribution in [0.25, 0.3) is 10.8 Å². The lowest BCUT2D eigenvalue weighted by Gasteiger charge is -2.13. The highest BCUT2D eigenvalue weighted by atomic mass is 32.1. The lowest BCUT2D eigenvalue weighted by Crippen LogP contribution is -2.21. The van der Waals surface area contributed by atoms with Crippen LogP contribution in [0.1, 0.15) is 27.2 Å². The van der Waals surface area contributed by atoms with Crippen molar-refractivity contribution in [3.05, 3.63) is 63.6 Å². The molecule has 0 saturated carbocycles. The van der Waals surface area contributed by atoms with Crippen LogP contribution in [0, 0.1) is 13.8 Å². The Hall–Kier alpha value is -1.75. The summed E-state index contributed by atoms with van der Waals surface area (Å²) in [7, 11) is 0. The summed E-state index contributed by atoms with van der Waals surface area (Å²) in [5, 5.41) is 17.1. The Bertz CT molecular complexity index is 782. The number of fused-ring (bicyclic) bond motifs is 1. The molecule has 3 nitrogen and oxygen atoms in total. The van der Waals surface area contributed by atoms with E-state index in [2.05, 4.69) is 34.6 Å². The Morgan fingerprint density at radius 3 is 2.64 bits per heavy atom. The zero-order chi connectivity index (χ0) is 15.5. The highest BCUT2D eigenvalue weighted by Gasteiger charge is 2.09. The third kappa shape index (κ3) is 3.35. The lowest BCUT2D eigenvalue weighted by molar-refractivity contribution is 0.174. The van der Waals surface area contributed by atoms with Gasteiger partial charge >= 0.3 is 0 Å². The number of benzene rings is 2. The van der Waals surface area contributed by atoms with E-state index in [1.54, 1.807) is 11.3 Å². The first-order valence-electron chi connectivity index (χ1n) is 7.44. The third-order valence-electron chi connectivity index (χ3n) is 3.78. The van der Waals surface area contributed by atoms with Crippen LogP contribution < -0.4 is 5.32 Å². The van der Waals surface area contributed by atoms with E-state index < -0.39 is 6.10 Å². The van der Waals surface area contributed by atoms with Crippen molar-refractivity contribution in [1.29, 1.82) is 0 Å². The zero-order valence-corrected chi connectivity index (χ0v) is 13.7. The minimum absolute atomic E-state index is 0.501. The monoisotopic (exact) mass is 312 g/mol. The molecule has 0 bridgehead atoms. The molecule has 1 atom stereocenters. The standard InChI is InChI=1S/C18H20N2OS/c1-12-18(22-13(2)20-12)11-19-10-17(21)16-8-7-14-5-3-4-6-15(14)9-16/h3-9,17,19,21H,10-11H2,1-2H3. The molecular formula is C18H20N2OS. The molecule has 1 heterocycles. The van der Waals surface area contributed by atoms with Gasteiger partial charge in [-0.15, -0.1) is 11.3 Å². The molecule has 0 aliphatic carbocycles. The quantitative estimate of drug-likeness (QED) is 0.754. The van der Waals surface area contributed by atoms with E-state index >= 15 is 0 Å². The van der Waals surface area contributed by atoms with Gasteiger partial charge in [0.2, 0.25) is 0 Å². The van der Waals surface area contributed by atoms with Gasteiger partial charge in [-0.05, 0) is 36.2 Å². The summed E-state index contributed by atoms with van der Waals surface area (Å²) in [6.45, 7) is 5.34. The van der Waals surface area contributed by atoms with Crippen LogP contribution in [0.5, 0.6) is 0 Å². The molecule has 0 saturated heterocycles. The maximum atomic E-state index is 10.4. The predicted octanol–water partition coefficient (Wildman–Crippen LogP) is 3.74. The van der Waals surface area contributed by atoms with Gasteiger partial charge in [-0.3, -0.25) is 0 Å². The highest BCUT2D eigenvalue weighted by Crippen LogP contribution is 2.21. The van der Waals surface area contributed by atoms with Crippen molar-refractivity contribution >= 4 is 22.1 Å². The van der Waals surface area contributed by atoms with Crippen LogP contribution in [0.4, 0.5) is 0 Å². The number of nitrogens with one attached hydrogen (secondary N) is 1. The van der Waals surface area contributed by atoms with E-state index in [1.165, 1.54) is 10.3 Å². The topological polar surface area (TPSA) is 45.2 Å². The molecule has 3 aromatic rings. The van der Waals surface area contributed by atoms with E-state index in [1.807, 2.05) is 32.0 Å². The first-order chi connectivity index (χ1) is 10.6. The fraction of sp³-hybridized carbons (Fsp3) is 0.278. The van der Waals surface area contributed by atoms with E-state index in [0.717, 1.165) is 28.2 Å². The number of thiazole rings is 1. The maximum Gasteiger partial charge on any atom is 0.0914 e. The second kappa shape index (κ2) is 6.57. The van der Waals surface area contributed by atoms with Gasteiger partial charge in [-0.2, -0.15) is 0 Å². The average Bonchev–Trinajstić information content (AvgIpc) is 2.84. The van der Waals surface area contributed by atoms with Crippen LogP contribution in [0.3, 0.4) is 0 Å². The lowest BCUT2D eigenvalue weighted by atomic mass is 10.0. The number of aryl methyl sites for hydroxylation is 2. The molecule has 2 aromatic carbocycles. The first kappa shape index (κ1) is 15.2. The second-order valence-electron chi connectivity index (χ2n) is 5.49. The van der Waals surface area contributed by atoms with Gasteiger partial charge < -0.3 is 10.4 Å². The summed E-state index contributed by atoms with van der Waals surface area (Å²) < 4.78 is 0. The maximum absolute atomic E-state index is 10.4. The molecule has 3 rings (SSSR count). The van der Waals surface area contributed by atoms with E-state index in [-0.39, 0.29) is 0 Å². The van der Waals surface area contributed by atoms with E-state index in [0.29, 0.717) is 6.54 Å². The number of aliphatic hydroxyl groups excluding tert-OH is 1. The van der Waals surface area contributed by atoms with Crippen LogP contribution in [0.2, 0.25) is 0 Å². The SMILES string of the molecule is Cc1nc(C)c(CNCC(O)c2ccc3ccccc3c2)s1. The van der Waals surface area contributed by atoms with Gasteiger partial charge in [-0.25, -0.2) is 4.98 Å². The van der Waals surface area contributed by atoms with Crippen LogP contribution in [-0.4, -0.2) is 16.6 Å². The summed E-state index contributed by atoms with van der Waals surface area (Å²) in [6, 6.07) is 14.3. The normalized spacial score (nSPS) is 12.7. The van der Waals surface area contributed by atoms with Crippen molar-refractivity contribution in [1.82, 2.24) is 10.3 Å². The number of hydrogen-bond acceptors (Lipinski definition) is 4. The van der Waals surface area contributed by atoms with Crippen molar-refractivity contribution < 1.29 is 5.11 Å². The summed E-state index contributed by atoms with van der Waals surface area (Å²) >= 11 is 1.71. The van der Waals surface area contributed by atoms with Crippen LogP contribution in [-0.2, 0) is 6.54 Å². The largest absolute Gasteiger partial charge is 0.387 e. The van der Waals surface area contributed by atoms with Gasteiger partial charge in [0.05, 0.1) is 16.8 Å². The van der Waals surface area contributed by atoms with Crippen molar-refractivity contribution in [3.63, 3.8) is 0 Å². The Morgan fingerprint density at radius 1 is 1.14 bits per heavy atom. The van der Waals surface area contributed by atoms with Crippen LogP contribution in [0.15, 0.2) is 42.5 Å². The van der Waals surface area contributed by atoms with Crippen LogP contribution >= 0.6 is 11.3 Å². The summed E-state index contributed by atoms with van der Waals surface area (Å²) in [5.41, 5.74) is 2.03. The second-order valence-corrected chi connectivity index (χ2v) is 6.78. The fourth-order valence-corrected chi connectivity index (χ4v) is 3.50. The van der Waals surface area contributed by atoms with E-state index in [9.17, 15) is 5.11 Å². The highest BCUT2D eigenvalue weighted by molar-refractivity contribution is 7.11. The first-order valence-corrected chi connectivity index (χ1v) is 8.25. The van der Waals surface area contributed by atoms with Crippen molar-refractivity contribution in [3.8, 4) is 0 Å². The molecule has 0 aliphatic heterocycles. The molecule has 0 spiro atoms. The number of rotatable bonds is 5. The predicted molar refractivity (Wildman–Crippen MR) is 92.2 cm³/mol. The molecule has 22 heavy (non-hydrogen) atoms. The van der Waals surface area contributed by atoms with Crippen molar-refractivity contribution in [2.45, 2.75) is 26.5 Å². The average molecular weight is 312 g/mol. The number of hydrogen-bond donors (Lipinski definition) is 2. The number of aliphatic hydroxyl groups is 1. The summed E-state index contributed by atoms with van der Waals surface area (Å²) in [6.07, 6.45) is -0.501. The summed E-state index contributed by atoms with van der Waals surface area (Å²) in [4.78, 5) is 5.66. The third-order valence-corrected chi connectivity index (χ3v) is 4.85. The number of nitrogens with zero attached hydrogens (tertiary/aromatic N) is 1. The minimum Gasteiger partial charge on any atom is -0.387 e. The molecule has 0 radical (unpaired) electrons. The van der Waals surface area contributed by atoms with Gasteiger partial charge in [0.1, 0.15) is 0 Å². The minimum atomic E-state index is -0.501. The number of aromatic nitrogens is 1. The summed E-state index contributed by atoms with van der Waals surface area (Å²) in [5.74, 6) is 0. The molecule has 114 valence electrons. The van der Waals surface area contributed by atoms with Crippen molar-refractivity contribution in [2.24, 2.45) is 0 Å². The zero-order valence-electron chi connectivity index (χ0n) is 12.8. The van der Waals surface area contributed by atoms with Gasteiger partial charge in [0.15, 0.2) is 0 Å². The van der Waals surface area contributed by atoms with E-state index in [4.69, 9.17) is 0 Å². The van der Waals surface area contributed by atoms with Gasteiger partial charge in [0, 0.05) is 18.0 Å². The van der Waals surface area contributed by atoms with Gasteiger partial charge in [-0.1, -0.05) is 36.4 Å². The Morgan fingerprint density at radius 2 is 1.91 bits per heavy atom.